The first-order chi connectivity index (χ1) is 10.5. The fourth-order valence-electron chi connectivity index (χ4n) is 1.73. The van der Waals surface area contributed by atoms with Crippen LogP contribution in [0.4, 0.5) is 13.2 Å². The van der Waals surface area contributed by atoms with E-state index in [0.29, 0.717) is 11.5 Å². The summed E-state index contributed by atoms with van der Waals surface area (Å²) in [4.78, 5) is 4.13. The van der Waals surface area contributed by atoms with E-state index >= 15 is 0 Å². The quantitative estimate of drug-likeness (QED) is 0.804. The molecule has 22 heavy (non-hydrogen) atoms. The van der Waals surface area contributed by atoms with Crippen LogP contribution in [-0.2, 0) is 6.18 Å². The summed E-state index contributed by atoms with van der Waals surface area (Å²) in [7, 11) is 0. The van der Waals surface area contributed by atoms with Gasteiger partial charge < -0.3 is 4.74 Å². The van der Waals surface area contributed by atoms with E-state index in [1.54, 1.807) is 12.1 Å². The molecule has 0 aliphatic heterocycles. The Morgan fingerprint density at radius 2 is 1.86 bits per heavy atom. The molecule has 0 atom stereocenters. The van der Waals surface area contributed by atoms with Crippen molar-refractivity contribution in [1.82, 2.24) is 25.6 Å². The predicted molar refractivity (Wildman–Crippen MR) is 68.9 cm³/mol. The number of aromatic amines is 1. The summed E-state index contributed by atoms with van der Waals surface area (Å²) < 4.78 is 43.3. The van der Waals surface area contributed by atoms with E-state index in [4.69, 9.17) is 4.74 Å². The molecular formula is C13H8F3N5O. The highest BCUT2D eigenvalue weighted by molar-refractivity contribution is 5.48. The lowest BCUT2D eigenvalue weighted by molar-refractivity contribution is -0.137. The number of hydrogen-bond acceptors (Lipinski definition) is 5. The number of benzene rings is 1. The lowest BCUT2D eigenvalue weighted by Crippen LogP contribution is -2.04. The Labute approximate surface area is 122 Å². The van der Waals surface area contributed by atoms with E-state index < -0.39 is 11.7 Å². The second kappa shape index (κ2) is 5.43. The van der Waals surface area contributed by atoms with Crippen molar-refractivity contribution in [3.05, 3.63) is 48.0 Å². The van der Waals surface area contributed by atoms with Gasteiger partial charge >= 0.3 is 6.18 Å². The number of aromatic nitrogens is 5. The van der Waals surface area contributed by atoms with Crippen LogP contribution in [-0.4, -0.2) is 25.6 Å². The first-order valence-electron chi connectivity index (χ1n) is 6.09. The molecule has 0 saturated carbocycles. The molecule has 0 bridgehead atoms. The SMILES string of the molecule is FC(F)(F)c1cccc(Oc2cccc(-c3nnn[nH]3)n2)c1. The van der Waals surface area contributed by atoms with E-state index in [9.17, 15) is 13.2 Å². The monoisotopic (exact) mass is 307 g/mol. The van der Waals surface area contributed by atoms with Gasteiger partial charge in [-0.1, -0.05) is 12.1 Å². The predicted octanol–water partition coefficient (Wildman–Crippen LogP) is 3.07. The lowest BCUT2D eigenvalue weighted by atomic mass is 10.2. The maximum atomic E-state index is 12.7. The molecule has 1 aromatic carbocycles. The zero-order valence-corrected chi connectivity index (χ0v) is 10.9. The van der Waals surface area contributed by atoms with Gasteiger partial charge in [-0.2, -0.15) is 13.2 Å². The van der Waals surface area contributed by atoms with Crippen molar-refractivity contribution in [2.45, 2.75) is 6.18 Å². The molecule has 3 rings (SSSR count). The fourth-order valence-corrected chi connectivity index (χ4v) is 1.73. The number of hydrogen-bond donors (Lipinski definition) is 1. The first kappa shape index (κ1) is 14.0. The number of rotatable bonds is 3. The van der Waals surface area contributed by atoms with Gasteiger partial charge in [0.25, 0.3) is 0 Å². The summed E-state index contributed by atoms with van der Waals surface area (Å²) in [6.07, 6.45) is -4.43. The Morgan fingerprint density at radius 1 is 1.05 bits per heavy atom. The minimum atomic E-state index is -4.43. The molecule has 0 radical (unpaired) electrons. The third-order valence-electron chi connectivity index (χ3n) is 2.70. The molecule has 0 amide bonds. The molecule has 2 aromatic heterocycles. The van der Waals surface area contributed by atoms with Gasteiger partial charge in [0.1, 0.15) is 11.4 Å². The van der Waals surface area contributed by atoms with Crippen molar-refractivity contribution in [3.8, 4) is 23.1 Å². The molecule has 112 valence electrons. The second-order valence-corrected chi connectivity index (χ2v) is 4.24. The number of nitrogens with one attached hydrogen (secondary N) is 1. The number of tetrazole rings is 1. The molecule has 0 unspecified atom stereocenters. The molecule has 6 nitrogen and oxygen atoms in total. The molecule has 2 heterocycles. The Balaban J connectivity index is 1.86. The van der Waals surface area contributed by atoms with Crippen molar-refractivity contribution >= 4 is 0 Å². The summed E-state index contributed by atoms with van der Waals surface area (Å²) in [5.41, 5.74) is -0.380. The molecule has 0 fully saturated rings. The Bertz CT molecular complexity index is 773. The van der Waals surface area contributed by atoms with Crippen LogP contribution in [0.25, 0.3) is 11.5 Å². The van der Waals surface area contributed by atoms with Crippen molar-refractivity contribution in [2.24, 2.45) is 0 Å². The lowest BCUT2D eigenvalue weighted by Gasteiger charge is -2.09. The van der Waals surface area contributed by atoms with Crippen LogP contribution < -0.4 is 4.74 Å². The van der Waals surface area contributed by atoms with Gasteiger partial charge in [-0.15, -0.1) is 5.10 Å². The Morgan fingerprint density at radius 3 is 2.59 bits per heavy atom. The third-order valence-corrected chi connectivity index (χ3v) is 2.70. The molecule has 3 aromatic rings. The highest BCUT2D eigenvalue weighted by Crippen LogP contribution is 2.32. The summed E-state index contributed by atoms with van der Waals surface area (Å²) in [5.74, 6) is 0.498. The highest BCUT2D eigenvalue weighted by Gasteiger charge is 2.30. The molecule has 0 spiro atoms. The van der Waals surface area contributed by atoms with Gasteiger partial charge in [-0.25, -0.2) is 10.1 Å². The van der Waals surface area contributed by atoms with E-state index in [1.807, 2.05) is 0 Å². The van der Waals surface area contributed by atoms with Gasteiger partial charge in [-0.05, 0) is 34.7 Å². The maximum absolute atomic E-state index is 12.7. The fraction of sp³-hybridized carbons (Fsp3) is 0.0769. The number of pyridine rings is 1. The van der Waals surface area contributed by atoms with E-state index in [2.05, 4.69) is 25.6 Å². The minimum absolute atomic E-state index is 0.0372. The average Bonchev–Trinajstić information content (AvgIpc) is 3.01. The molecule has 9 heteroatoms. The van der Waals surface area contributed by atoms with Crippen molar-refractivity contribution in [3.63, 3.8) is 0 Å². The number of halogens is 3. The summed E-state index contributed by atoms with van der Waals surface area (Å²) in [6, 6.07) is 9.35. The van der Waals surface area contributed by atoms with Gasteiger partial charge in [0.2, 0.25) is 5.88 Å². The van der Waals surface area contributed by atoms with Crippen LogP contribution in [0.2, 0.25) is 0 Å². The van der Waals surface area contributed by atoms with E-state index in [-0.39, 0.29) is 11.6 Å². The van der Waals surface area contributed by atoms with Crippen molar-refractivity contribution in [2.75, 3.05) is 0 Å². The number of alkyl halides is 3. The van der Waals surface area contributed by atoms with Gasteiger partial charge in [0, 0.05) is 6.07 Å². The number of nitrogens with zero attached hydrogens (tertiary/aromatic N) is 4. The van der Waals surface area contributed by atoms with Crippen molar-refractivity contribution in [1.29, 1.82) is 0 Å². The highest BCUT2D eigenvalue weighted by atomic mass is 19.4. The number of H-pyrrole nitrogens is 1. The van der Waals surface area contributed by atoms with Crippen LogP contribution >= 0.6 is 0 Å². The first-order valence-corrected chi connectivity index (χ1v) is 6.09. The Hall–Kier alpha value is -2.97. The molecule has 0 saturated heterocycles. The van der Waals surface area contributed by atoms with Crippen LogP contribution in [0.3, 0.4) is 0 Å². The van der Waals surface area contributed by atoms with E-state index in [0.717, 1.165) is 12.1 Å². The van der Waals surface area contributed by atoms with Crippen LogP contribution in [0.5, 0.6) is 11.6 Å². The molecular weight excluding hydrogens is 299 g/mol. The number of ether oxygens (including phenoxy) is 1. The van der Waals surface area contributed by atoms with Crippen LogP contribution in [0.15, 0.2) is 42.5 Å². The Kier molecular flexibility index (Phi) is 3.45. The maximum Gasteiger partial charge on any atom is 0.416 e. The van der Waals surface area contributed by atoms with Crippen molar-refractivity contribution < 1.29 is 17.9 Å². The largest absolute Gasteiger partial charge is 0.439 e. The van der Waals surface area contributed by atoms with Gasteiger partial charge in [0.15, 0.2) is 5.82 Å². The minimum Gasteiger partial charge on any atom is -0.439 e. The summed E-state index contributed by atoms with van der Waals surface area (Å²) in [6.45, 7) is 0. The average molecular weight is 307 g/mol. The van der Waals surface area contributed by atoms with E-state index in [1.165, 1.54) is 18.2 Å². The molecule has 1 N–H and O–H groups in total. The smallest absolute Gasteiger partial charge is 0.416 e. The van der Waals surface area contributed by atoms with Crippen LogP contribution in [0, 0.1) is 0 Å². The summed E-state index contributed by atoms with van der Waals surface area (Å²) >= 11 is 0. The molecule has 0 aliphatic carbocycles. The third kappa shape index (κ3) is 3.03. The zero-order valence-electron chi connectivity index (χ0n) is 10.9. The summed E-state index contributed by atoms with van der Waals surface area (Å²) in [5, 5.41) is 13.1. The topological polar surface area (TPSA) is 76.6 Å². The zero-order chi connectivity index (χ0) is 15.6. The van der Waals surface area contributed by atoms with Gasteiger partial charge in [0.05, 0.1) is 5.56 Å². The second-order valence-electron chi connectivity index (χ2n) is 4.24. The van der Waals surface area contributed by atoms with Gasteiger partial charge in [-0.3, -0.25) is 0 Å². The standard InChI is InChI=1S/C13H8F3N5O/c14-13(15,16)8-3-1-4-9(7-8)22-11-6-2-5-10(17-11)12-18-20-21-19-12/h1-7H,(H,18,19,20,21). The normalized spacial score (nSPS) is 11.4. The van der Waals surface area contributed by atoms with Crippen LogP contribution in [0.1, 0.15) is 5.56 Å². The molecule has 0 aliphatic rings.